The average molecular weight is 349 g/mol. The molecule has 0 heterocycles. The molecule has 0 rings (SSSR count). The van der Waals surface area contributed by atoms with E-state index in [1.54, 1.807) is 19.0 Å². The van der Waals surface area contributed by atoms with E-state index in [1.807, 2.05) is 13.8 Å². The van der Waals surface area contributed by atoms with Gasteiger partial charge in [-0.1, -0.05) is 0 Å². The number of urea groups is 2. The Bertz CT molecular complexity index is 352. The summed E-state index contributed by atoms with van der Waals surface area (Å²) >= 11 is 0. The number of amides is 4. The third kappa shape index (κ3) is 9.42. The van der Waals surface area contributed by atoms with Gasteiger partial charge in [-0.25, -0.2) is 9.59 Å². The maximum atomic E-state index is 11.9. The molecular formula is C14H32N4O4Si. The molecule has 0 saturated heterocycles. The van der Waals surface area contributed by atoms with Crippen molar-refractivity contribution < 1.29 is 18.4 Å². The van der Waals surface area contributed by atoms with E-state index in [9.17, 15) is 9.59 Å². The van der Waals surface area contributed by atoms with Gasteiger partial charge in [-0.05, 0) is 32.9 Å². The summed E-state index contributed by atoms with van der Waals surface area (Å²) in [5.74, 6) is 0. The van der Waals surface area contributed by atoms with Crippen LogP contribution in [0.25, 0.3) is 0 Å². The molecule has 9 heteroatoms. The lowest BCUT2D eigenvalue weighted by atomic mass is 10.4. The van der Waals surface area contributed by atoms with Gasteiger partial charge >= 0.3 is 20.6 Å². The van der Waals surface area contributed by atoms with E-state index in [-0.39, 0.29) is 12.1 Å². The second-order valence-electron chi connectivity index (χ2n) is 5.15. The molecule has 0 aromatic rings. The first-order valence-corrected chi connectivity index (χ1v) is 10.6. The summed E-state index contributed by atoms with van der Waals surface area (Å²) in [6.45, 7) is 8.70. The number of nitrogens with zero attached hydrogens (tertiary/aromatic N) is 1. The third-order valence-electron chi connectivity index (χ3n) is 3.35. The minimum Gasteiger partial charge on any atom is -0.395 e. The highest BCUT2D eigenvalue weighted by Crippen LogP contribution is 2.16. The number of hydrogen-bond donors (Lipinski definition) is 3. The quantitative estimate of drug-likeness (QED) is 0.488. The van der Waals surface area contributed by atoms with E-state index in [0.717, 1.165) is 12.5 Å². The predicted molar refractivity (Wildman–Crippen MR) is 92.8 cm³/mol. The van der Waals surface area contributed by atoms with E-state index in [4.69, 9.17) is 8.85 Å². The van der Waals surface area contributed by atoms with Gasteiger partial charge in [0.05, 0.1) is 0 Å². The Morgan fingerprint density at radius 2 is 1.65 bits per heavy atom. The number of carbonyl (C=O) groups excluding carboxylic acids is 2. The number of rotatable bonds is 11. The highest BCUT2D eigenvalue weighted by molar-refractivity contribution is 6.66. The van der Waals surface area contributed by atoms with Gasteiger partial charge in [0.25, 0.3) is 0 Å². The Morgan fingerprint density at radius 1 is 1.04 bits per heavy atom. The van der Waals surface area contributed by atoms with Crippen LogP contribution < -0.4 is 16.0 Å². The van der Waals surface area contributed by atoms with Crippen molar-refractivity contribution in [2.24, 2.45) is 0 Å². The van der Waals surface area contributed by atoms with Crippen molar-refractivity contribution in [2.75, 3.05) is 46.9 Å². The number of carbonyl (C=O) groups is 2. The first-order chi connectivity index (χ1) is 10.9. The van der Waals surface area contributed by atoms with Crippen molar-refractivity contribution in [1.82, 2.24) is 20.9 Å². The summed E-state index contributed by atoms with van der Waals surface area (Å²) in [7, 11) is 0.998. The van der Waals surface area contributed by atoms with E-state index in [2.05, 4.69) is 22.5 Å². The number of hydrogen-bond acceptors (Lipinski definition) is 4. The second kappa shape index (κ2) is 12.1. The molecule has 23 heavy (non-hydrogen) atoms. The van der Waals surface area contributed by atoms with Crippen LogP contribution in [0.4, 0.5) is 9.59 Å². The van der Waals surface area contributed by atoms with Crippen LogP contribution in [0, 0.1) is 0 Å². The highest BCUT2D eigenvalue weighted by Gasteiger charge is 2.30. The van der Waals surface area contributed by atoms with Crippen LogP contribution in [0.5, 0.6) is 0 Å². The van der Waals surface area contributed by atoms with E-state index < -0.39 is 8.56 Å². The molecule has 136 valence electrons. The van der Waals surface area contributed by atoms with E-state index in [0.29, 0.717) is 32.8 Å². The smallest absolute Gasteiger partial charge is 0.334 e. The summed E-state index contributed by atoms with van der Waals surface area (Å²) in [5, 5.41) is 7.78. The normalized spacial score (nSPS) is 11.0. The van der Waals surface area contributed by atoms with Crippen LogP contribution in [-0.4, -0.2) is 72.5 Å². The molecule has 0 fully saturated rings. The molecule has 0 saturated carbocycles. The minimum atomic E-state index is -2.15. The monoisotopic (exact) mass is 348 g/mol. The maximum Gasteiger partial charge on any atom is 0.334 e. The zero-order valence-corrected chi connectivity index (χ0v) is 16.0. The Hall–Kier alpha value is -1.32. The molecule has 0 bridgehead atoms. The minimum absolute atomic E-state index is 0.153. The first kappa shape index (κ1) is 21.7. The molecule has 4 amide bonds. The topological polar surface area (TPSA) is 91.9 Å². The molecule has 0 aromatic carbocycles. The summed E-state index contributed by atoms with van der Waals surface area (Å²) in [6, 6.07) is 0.417. The Morgan fingerprint density at radius 3 is 2.13 bits per heavy atom. The zero-order valence-electron chi connectivity index (χ0n) is 15.0. The standard InChI is InChI=1S/C14H32N4O4Si/c1-6-21-23(5,22-7-2)12-8-10-18(14(20)16-4)11-9-17-13(19)15-3/h6-12H2,1-5H3,(H,16,20)(H2,15,17,19). The zero-order chi connectivity index (χ0) is 17.7. The molecule has 0 atom stereocenters. The van der Waals surface area contributed by atoms with Gasteiger partial charge < -0.3 is 29.7 Å². The second-order valence-corrected chi connectivity index (χ2v) is 8.50. The van der Waals surface area contributed by atoms with Crippen molar-refractivity contribution in [3.05, 3.63) is 0 Å². The summed E-state index contributed by atoms with van der Waals surface area (Å²) < 4.78 is 11.6. The molecule has 0 aromatic heterocycles. The SMILES string of the molecule is CCO[Si](C)(CCCN(CCNC(=O)NC)C(=O)NC)OCC. The Labute approximate surface area is 140 Å². The molecular weight excluding hydrogens is 316 g/mol. The van der Waals surface area contributed by atoms with Gasteiger partial charge in [0.2, 0.25) is 0 Å². The fourth-order valence-electron chi connectivity index (χ4n) is 2.25. The van der Waals surface area contributed by atoms with E-state index in [1.165, 1.54) is 0 Å². The molecule has 0 aliphatic carbocycles. The van der Waals surface area contributed by atoms with Gasteiger partial charge in [0, 0.05) is 46.9 Å². The first-order valence-electron chi connectivity index (χ1n) is 8.12. The lowest BCUT2D eigenvalue weighted by Crippen LogP contribution is -2.45. The van der Waals surface area contributed by atoms with Crippen LogP contribution in [0.2, 0.25) is 12.6 Å². The Kier molecular flexibility index (Phi) is 11.4. The molecule has 0 aliphatic heterocycles. The van der Waals surface area contributed by atoms with Crippen molar-refractivity contribution in [3.8, 4) is 0 Å². The van der Waals surface area contributed by atoms with Crippen molar-refractivity contribution >= 4 is 20.6 Å². The Balaban J connectivity index is 4.37. The summed E-state index contributed by atoms with van der Waals surface area (Å²) in [5.41, 5.74) is 0. The third-order valence-corrected chi connectivity index (χ3v) is 6.41. The molecule has 3 N–H and O–H groups in total. The molecule has 0 aliphatic rings. The largest absolute Gasteiger partial charge is 0.395 e. The van der Waals surface area contributed by atoms with Crippen LogP contribution in [0.1, 0.15) is 20.3 Å². The molecule has 0 radical (unpaired) electrons. The van der Waals surface area contributed by atoms with Crippen molar-refractivity contribution in [3.63, 3.8) is 0 Å². The van der Waals surface area contributed by atoms with Gasteiger partial charge in [-0.2, -0.15) is 0 Å². The van der Waals surface area contributed by atoms with Crippen molar-refractivity contribution in [1.29, 1.82) is 0 Å². The highest BCUT2D eigenvalue weighted by atomic mass is 28.4. The van der Waals surface area contributed by atoms with Crippen LogP contribution in [0.3, 0.4) is 0 Å². The van der Waals surface area contributed by atoms with Gasteiger partial charge in [0.15, 0.2) is 0 Å². The predicted octanol–water partition coefficient (Wildman–Crippen LogP) is 1.09. The molecule has 0 unspecified atom stereocenters. The molecule has 8 nitrogen and oxygen atoms in total. The fourth-order valence-corrected chi connectivity index (χ4v) is 4.65. The van der Waals surface area contributed by atoms with Crippen LogP contribution >= 0.6 is 0 Å². The average Bonchev–Trinajstić information content (AvgIpc) is 2.52. The van der Waals surface area contributed by atoms with Gasteiger partial charge in [0.1, 0.15) is 0 Å². The fraction of sp³-hybridized carbons (Fsp3) is 0.857. The summed E-state index contributed by atoms with van der Waals surface area (Å²) in [4.78, 5) is 24.7. The maximum absolute atomic E-state index is 11.9. The summed E-state index contributed by atoms with van der Waals surface area (Å²) in [6.07, 6.45) is 0.802. The number of nitrogens with one attached hydrogen (secondary N) is 3. The van der Waals surface area contributed by atoms with Gasteiger partial charge in [-0.3, -0.25) is 0 Å². The van der Waals surface area contributed by atoms with Crippen molar-refractivity contribution in [2.45, 2.75) is 32.9 Å². The van der Waals surface area contributed by atoms with Crippen LogP contribution in [0.15, 0.2) is 0 Å². The molecule has 0 spiro atoms. The lowest BCUT2D eigenvalue weighted by Gasteiger charge is -2.28. The van der Waals surface area contributed by atoms with Crippen LogP contribution in [-0.2, 0) is 8.85 Å². The van der Waals surface area contributed by atoms with E-state index >= 15 is 0 Å². The van der Waals surface area contributed by atoms with Gasteiger partial charge in [-0.15, -0.1) is 0 Å². The lowest BCUT2D eigenvalue weighted by molar-refractivity contribution is 0.182.